The van der Waals surface area contributed by atoms with Crippen molar-refractivity contribution >= 4 is 37.7 Å². The third-order valence-electron chi connectivity index (χ3n) is 2.70. The van der Waals surface area contributed by atoms with E-state index in [-0.39, 0.29) is 14.9 Å². The SMILES string of the molecule is CN(c1cccc(F)c1)S(=O)(=O)c1cc([N+](=O)[O-])c(N)s1. The lowest BCUT2D eigenvalue weighted by Crippen LogP contribution is -2.25. The summed E-state index contributed by atoms with van der Waals surface area (Å²) in [5, 5.41) is 10.5. The summed E-state index contributed by atoms with van der Waals surface area (Å²) in [7, 11) is -2.82. The van der Waals surface area contributed by atoms with E-state index >= 15 is 0 Å². The lowest BCUT2D eigenvalue weighted by Gasteiger charge is -2.18. The Morgan fingerprint density at radius 3 is 2.57 bits per heavy atom. The summed E-state index contributed by atoms with van der Waals surface area (Å²) in [4.78, 5) is 9.96. The average Bonchev–Trinajstić information content (AvgIpc) is 2.80. The van der Waals surface area contributed by atoms with Crippen LogP contribution in [0.1, 0.15) is 0 Å². The first-order chi connectivity index (χ1) is 9.73. The zero-order valence-corrected chi connectivity index (χ0v) is 12.3. The summed E-state index contributed by atoms with van der Waals surface area (Å²) >= 11 is 0.590. The van der Waals surface area contributed by atoms with Gasteiger partial charge in [0.05, 0.1) is 10.6 Å². The molecule has 0 aliphatic heterocycles. The highest BCUT2D eigenvalue weighted by Crippen LogP contribution is 2.36. The standard InChI is InChI=1S/C11H10FN3O4S2/c1-14(8-4-2-3-7(12)5-8)21(18,19)10-6-9(15(16)17)11(13)20-10/h2-6H,13H2,1H3. The topological polar surface area (TPSA) is 107 Å². The van der Waals surface area contributed by atoms with Gasteiger partial charge in [0, 0.05) is 13.1 Å². The molecule has 1 aromatic heterocycles. The van der Waals surface area contributed by atoms with E-state index in [2.05, 4.69) is 0 Å². The lowest BCUT2D eigenvalue weighted by molar-refractivity contribution is -0.383. The van der Waals surface area contributed by atoms with Gasteiger partial charge in [-0.2, -0.15) is 0 Å². The number of benzene rings is 1. The number of nitrogen functional groups attached to an aromatic ring is 1. The summed E-state index contributed by atoms with van der Waals surface area (Å²) < 4.78 is 38.5. The number of nitro groups is 1. The molecule has 0 spiro atoms. The Morgan fingerprint density at radius 2 is 2.05 bits per heavy atom. The number of hydrogen-bond donors (Lipinski definition) is 1. The highest BCUT2D eigenvalue weighted by molar-refractivity contribution is 7.94. The van der Waals surface area contributed by atoms with Gasteiger partial charge in [-0.05, 0) is 18.2 Å². The Hall–Kier alpha value is -2.20. The molecule has 0 unspecified atom stereocenters. The number of thiophene rings is 1. The van der Waals surface area contributed by atoms with E-state index in [1.165, 1.54) is 25.2 Å². The smallest absolute Gasteiger partial charge is 0.304 e. The van der Waals surface area contributed by atoms with Gasteiger partial charge in [0.15, 0.2) is 5.00 Å². The number of rotatable bonds is 4. The minimum Gasteiger partial charge on any atom is -0.385 e. The first-order valence-corrected chi connectivity index (χ1v) is 7.77. The molecule has 7 nitrogen and oxygen atoms in total. The minimum absolute atomic E-state index is 0.102. The summed E-state index contributed by atoms with van der Waals surface area (Å²) in [6, 6.07) is 5.89. The predicted octanol–water partition coefficient (Wildman–Crippen LogP) is 2.20. The Labute approximate surface area is 123 Å². The predicted molar refractivity (Wildman–Crippen MR) is 77.4 cm³/mol. The van der Waals surface area contributed by atoms with Crippen molar-refractivity contribution < 1.29 is 17.7 Å². The maximum atomic E-state index is 13.2. The van der Waals surface area contributed by atoms with E-state index in [0.29, 0.717) is 11.3 Å². The quantitative estimate of drug-likeness (QED) is 0.683. The molecule has 1 aromatic carbocycles. The average molecular weight is 331 g/mol. The first kappa shape index (κ1) is 15.2. The van der Waals surface area contributed by atoms with Crippen LogP contribution in [0.3, 0.4) is 0 Å². The Morgan fingerprint density at radius 1 is 1.38 bits per heavy atom. The monoisotopic (exact) mass is 331 g/mol. The van der Waals surface area contributed by atoms with Crippen LogP contribution in [0.2, 0.25) is 0 Å². The van der Waals surface area contributed by atoms with Crippen molar-refractivity contribution in [3.63, 3.8) is 0 Å². The van der Waals surface area contributed by atoms with Crippen LogP contribution >= 0.6 is 11.3 Å². The van der Waals surface area contributed by atoms with E-state index in [1.54, 1.807) is 0 Å². The van der Waals surface area contributed by atoms with E-state index in [9.17, 15) is 22.9 Å². The Bertz CT molecular complexity index is 804. The zero-order valence-electron chi connectivity index (χ0n) is 10.7. The third kappa shape index (κ3) is 2.81. The fourth-order valence-corrected chi connectivity index (χ4v) is 4.16. The Kier molecular flexibility index (Phi) is 3.83. The highest BCUT2D eigenvalue weighted by atomic mass is 32.2. The number of nitrogens with two attached hydrogens (primary N) is 1. The van der Waals surface area contributed by atoms with Gasteiger partial charge in [-0.3, -0.25) is 14.4 Å². The van der Waals surface area contributed by atoms with Crippen LogP contribution in [-0.4, -0.2) is 20.4 Å². The molecule has 2 aromatic rings. The third-order valence-corrected chi connectivity index (χ3v) is 5.89. The number of sulfonamides is 1. The van der Waals surface area contributed by atoms with Crippen molar-refractivity contribution in [2.24, 2.45) is 0 Å². The number of halogens is 1. The normalized spacial score (nSPS) is 11.3. The van der Waals surface area contributed by atoms with Gasteiger partial charge in [-0.1, -0.05) is 17.4 Å². The summed E-state index contributed by atoms with van der Waals surface area (Å²) in [6.45, 7) is 0. The van der Waals surface area contributed by atoms with Gasteiger partial charge < -0.3 is 5.73 Å². The zero-order chi connectivity index (χ0) is 15.8. The highest BCUT2D eigenvalue weighted by Gasteiger charge is 2.28. The summed E-state index contributed by atoms with van der Waals surface area (Å²) in [5.74, 6) is -0.591. The van der Waals surface area contributed by atoms with Crippen molar-refractivity contribution in [1.29, 1.82) is 0 Å². The lowest BCUT2D eigenvalue weighted by atomic mass is 10.3. The van der Waals surface area contributed by atoms with Gasteiger partial charge in [0.1, 0.15) is 10.0 Å². The minimum atomic E-state index is -4.04. The van der Waals surface area contributed by atoms with Crippen LogP contribution in [0.5, 0.6) is 0 Å². The maximum Gasteiger partial charge on any atom is 0.304 e. The van der Waals surface area contributed by atoms with E-state index in [4.69, 9.17) is 5.73 Å². The van der Waals surface area contributed by atoms with Crippen molar-refractivity contribution in [1.82, 2.24) is 0 Å². The van der Waals surface area contributed by atoms with Gasteiger partial charge in [0.25, 0.3) is 10.0 Å². The molecule has 0 saturated carbocycles. The summed E-state index contributed by atoms with van der Waals surface area (Å²) in [6.07, 6.45) is 0. The number of anilines is 2. The molecule has 0 amide bonds. The molecule has 0 radical (unpaired) electrons. The fourth-order valence-electron chi connectivity index (χ4n) is 1.59. The molecule has 21 heavy (non-hydrogen) atoms. The molecule has 0 saturated heterocycles. The van der Waals surface area contributed by atoms with Crippen LogP contribution in [0.4, 0.5) is 20.8 Å². The van der Waals surface area contributed by atoms with Crippen molar-refractivity contribution in [3.05, 3.63) is 46.3 Å². The van der Waals surface area contributed by atoms with E-state index < -0.39 is 26.5 Å². The van der Waals surface area contributed by atoms with E-state index in [0.717, 1.165) is 16.4 Å². The molecule has 10 heteroatoms. The van der Waals surface area contributed by atoms with Crippen LogP contribution in [0.15, 0.2) is 34.5 Å². The van der Waals surface area contributed by atoms with Crippen LogP contribution in [-0.2, 0) is 10.0 Å². The van der Waals surface area contributed by atoms with Crippen LogP contribution in [0.25, 0.3) is 0 Å². The molecule has 0 fully saturated rings. The molecule has 0 aliphatic carbocycles. The van der Waals surface area contributed by atoms with Crippen molar-refractivity contribution in [3.8, 4) is 0 Å². The van der Waals surface area contributed by atoms with Gasteiger partial charge in [-0.25, -0.2) is 12.8 Å². The molecular weight excluding hydrogens is 321 g/mol. The van der Waals surface area contributed by atoms with Gasteiger partial charge in [-0.15, -0.1) is 0 Å². The second-order valence-corrected chi connectivity index (χ2v) is 7.30. The van der Waals surface area contributed by atoms with E-state index in [1.807, 2.05) is 0 Å². The first-order valence-electron chi connectivity index (χ1n) is 5.51. The second-order valence-electron chi connectivity index (χ2n) is 4.02. The number of hydrogen-bond acceptors (Lipinski definition) is 6. The van der Waals surface area contributed by atoms with Crippen LogP contribution < -0.4 is 10.0 Å². The van der Waals surface area contributed by atoms with Crippen molar-refractivity contribution in [2.75, 3.05) is 17.1 Å². The molecule has 0 atom stereocenters. The molecule has 2 N–H and O–H groups in total. The Balaban J connectivity index is 2.47. The summed E-state index contributed by atoms with van der Waals surface area (Å²) in [5.41, 5.74) is 5.07. The maximum absolute atomic E-state index is 13.2. The molecule has 1 heterocycles. The molecule has 112 valence electrons. The molecular formula is C11H10FN3O4S2. The second kappa shape index (κ2) is 5.30. The largest absolute Gasteiger partial charge is 0.385 e. The van der Waals surface area contributed by atoms with Crippen LogP contribution in [0, 0.1) is 15.9 Å². The number of nitrogens with zero attached hydrogens (tertiary/aromatic N) is 2. The molecule has 0 bridgehead atoms. The fraction of sp³-hybridized carbons (Fsp3) is 0.0909. The van der Waals surface area contributed by atoms with Crippen molar-refractivity contribution in [2.45, 2.75) is 4.21 Å². The molecule has 0 aliphatic rings. The molecule has 2 rings (SSSR count). The van der Waals surface area contributed by atoms with Gasteiger partial charge in [0.2, 0.25) is 0 Å². The van der Waals surface area contributed by atoms with Gasteiger partial charge >= 0.3 is 5.69 Å².